The van der Waals surface area contributed by atoms with E-state index in [4.69, 9.17) is 0 Å². The van der Waals surface area contributed by atoms with Crippen molar-refractivity contribution in [3.05, 3.63) is 29.3 Å². The van der Waals surface area contributed by atoms with Gasteiger partial charge in [-0.25, -0.2) is 0 Å². The van der Waals surface area contributed by atoms with Crippen LogP contribution in [0.2, 0.25) is 0 Å². The van der Waals surface area contributed by atoms with E-state index in [9.17, 15) is 9.59 Å². The van der Waals surface area contributed by atoms with E-state index >= 15 is 0 Å². The number of benzene rings is 1. The van der Waals surface area contributed by atoms with Gasteiger partial charge in [0.2, 0.25) is 11.8 Å². The van der Waals surface area contributed by atoms with E-state index in [2.05, 4.69) is 6.07 Å². The Morgan fingerprint density at radius 1 is 1.13 bits per heavy atom. The number of hydrogen-bond donors (Lipinski definition) is 0. The lowest BCUT2D eigenvalue weighted by atomic mass is 9.91. The number of carbonyl (C=O) groups excluding carboxylic acids is 2. The molecule has 1 aliphatic heterocycles. The molecule has 1 fully saturated rings. The van der Waals surface area contributed by atoms with Crippen LogP contribution in [-0.4, -0.2) is 35.8 Å². The highest BCUT2D eigenvalue weighted by atomic mass is 16.2. The lowest BCUT2D eigenvalue weighted by molar-refractivity contribution is -0.142. The average Bonchev–Trinajstić information content (AvgIpc) is 2.38. The second-order valence-electron chi connectivity index (χ2n) is 7.84. The summed E-state index contributed by atoms with van der Waals surface area (Å²) in [5, 5.41) is 0. The zero-order valence-corrected chi connectivity index (χ0v) is 15.1. The van der Waals surface area contributed by atoms with E-state index in [-0.39, 0.29) is 17.2 Å². The first kappa shape index (κ1) is 17.5. The molecule has 0 bridgehead atoms. The number of aryl methyl sites for hydroxylation is 2. The third kappa shape index (κ3) is 4.12. The molecule has 126 valence electrons. The first-order chi connectivity index (χ1) is 10.6. The number of rotatable bonds is 2. The van der Waals surface area contributed by atoms with Crippen molar-refractivity contribution in [3.8, 4) is 0 Å². The molecule has 0 saturated carbocycles. The van der Waals surface area contributed by atoms with Crippen LogP contribution in [0.4, 0.5) is 5.69 Å². The fourth-order valence-corrected chi connectivity index (χ4v) is 3.13. The molecule has 0 aliphatic carbocycles. The zero-order chi connectivity index (χ0) is 17.4. The first-order valence-electron chi connectivity index (χ1n) is 8.27. The Labute approximate surface area is 139 Å². The molecule has 0 aromatic heterocycles. The Kier molecular flexibility index (Phi) is 4.83. The van der Waals surface area contributed by atoms with Gasteiger partial charge in [-0.3, -0.25) is 9.59 Å². The molecule has 2 amide bonds. The number of anilines is 1. The molecule has 4 nitrogen and oxygen atoms in total. The topological polar surface area (TPSA) is 40.6 Å². The predicted octanol–water partition coefficient (Wildman–Crippen LogP) is 3.30. The van der Waals surface area contributed by atoms with E-state index in [1.54, 1.807) is 4.90 Å². The molecule has 4 heteroatoms. The second kappa shape index (κ2) is 6.34. The van der Waals surface area contributed by atoms with Crippen molar-refractivity contribution < 1.29 is 9.59 Å². The number of hydrogen-bond acceptors (Lipinski definition) is 2. The number of nitrogens with zero attached hydrogens (tertiary/aromatic N) is 2. The molecule has 1 aromatic carbocycles. The highest BCUT2D eigenvalue weighted by Gasteiger charge is 2.35. The van der Waals surface area contributed by atoms with Gasteiger partial charge >= 0.3 is 0 Å². The van der Waals surface area contributed by atoms with E-state index < -0.39 is 6.04 Å². The van der Waals surface area contributed by atoms with Crippen LogP contribution in [0.25, 0.3) is 0 Å². The molecule has 0 spiro atoms. The normalized spacial score (nSPS) is 19.2. The van der Waals surface area contributed by atoms with Gasteiger partial charge in [-0.05, 0) is 49.4 Å². The third-order valence-corrected chi connectivity index (χ3v) is 4.18. The molecule has 1 aliphatic rings. The highest BCUT2D eigenvalue weighted by molar-refractivity contribution is 6.00. The van der Waals surface area contributed by atoms with Crippen LogP contribution in [0.3, 0.4) is 0 Å². The highest BCUT2D eigenvalue weighted by Crippen LogP contribution is 2.26. The van der Waals surface area contributed by atoms with E-state index in [1.165, 1.54) is 0 Å². The largest absolute Gasteiger partial charge is 0.329 e. The summed E-state index contributed by atoms with van der Waals surface area (Å²) in [6.07, 6.45) is 0.466. The molecular weight excluding hydrogens is 288 g/mol. The molecule has 0 radical (unpaired) electrons. The second-order valence-corrected chi connectivity index (χ2v) is 7.84. The van der Waals surface area contributed by atoms with Gasteiger partial charge < -0.3 is 9.80 Å². The smallest absolute Gasteiger partial charge is 0.249 e. The van der Waals surface area contributed by atoms with Crippen LogP contribution in [0.1, 0.15) is 45.2 Å². The standard InChI is InChI=1S/C19H28N2O2/c1-13-9-14(2)11-16(10-13)21-8-7-20(15(3)18(21)23)17(22)12-19(4,5)6/h9-11,15H,7-8,12H2,1-6H3/t15-/m0/s1. The van der Waals surface area contributed by atoms with E-state index in [1.807, 2.05) is 58.6 Å². The predicted molar refractivity (Wildman–Crippen MR) is 93.5 cm³/mol. The van der Waals surface area contributed by atoms with Gasteiger partial charge in [-0.2, -0.15) is 0 Å². The van der Waals surface area contributed by atoms with Crippen LogP contribution < -0.4 is 4.90 Å². The maximum absolute atomic E-state index is 12.8. The van der Waals surface area contributed by atoms with Crippen molar-refractivity contribution in [2.24, 2.45) is 5.41 Å². The van der Waals surface area contributed by atoms with Crippen LogP contribution in [0.15, 0.2) is 18.2 Å². The van der Waals surface area contributed by atoms with E-state index in [0.29, 0.717) is 19.5 Å². The summed E-state index contributed by atoms with van der Waals surface area (Å²) < 4.78 is 0. The Balaban J connectivity index is 2.17. The average molecular weight is 316 g/mol. The molecule has 0 N–H and O–H groups in total. The molecule has 1 atom stereocenters. The van der Waals surface area contributed by atoms with Crippen molar-refractivity contribution in [2.45, 2.75) is 54.0 Å². The Morgan fingerprint density at radius 2 is 1.70 bits per heavy atom. The quantitative estimate of drug-likeness (QED) is 0.840. The van der Waals surface area contributed by atoms with Gasteiger partial charge in [0.1, 0.15) is 6.04 Å². The summed E-state index contributed by atoms with van der Waals surface area (Å²) >= 11 is 0. The fourth-order valence-electron chi connectivity index (χ4n) is 3.13. The van der Waals surface area contributed by atoms with Gasteiger partial charge in [-0.15, -0.1) is 0 Å². The summed E-state index contributed by atoms with van der Waals surface area (Å²) in [7, 11) is 0. The molecule has 0 unspecified atom stereocenters. The van der Waals surface area contributed by atoms with Crippen molar-refractivity contribution in [3.63, 3.8) is 0 Å². The summed E-state index contributed by atoms with van der Waals surface area (Å²) in [4.78, 5) is 28.8. The monoisotopic (exact) mass is 316 g/mol. The van der Waals surface area contributed by atoms with Crippen molar-refractivity contribution in [1.82, 2.24) is 4.90 Å². The molecule has 1 saturated heterocycles. The van der Waals surface area contributed by atoms with Gasteiger partial charge in [0.05, 0.1) is 0 Å². The van der Waals surface area contributed by atoms with Crippen molar-refractivity contribution in [2.75, 3.05) is 18.0 Å². The number of amides is 2. The van der Waals surface area contributed by atoms with Crippen LogP contribution in [0, 0.1) is 19.3 Å². The minimum Gasteiger partial charge on any atom is -0.329 e. The van der Waals surface area contributed by atoms with Crippen LogP contribution in [-0.2, 0) is 9.59 Å². The fraction of sp³-hybridized carbons (Fsp3) is 0.579. The van der Waals surface area contributed by atoms with E-state index in [0.717, 1.165) is 16.8 Å². The van der Waals surface area contributed by atoms with Crippen molar-refractivity contribution in [1.29, 1.82) is 0 Å². The van der Waals surface area contributed by atoms with Gasteiger partial charge in [0.25, 0.3) is 0 Å². The molecular formula is C19H28N2O2. The van der Waals surface area contributed by atoms with Crippen LogP contribution >= 0.6 is 0 Å². The number of piperazine rings is 1. The minimum absolute atomic E-state index is 0.00325. The van der Waals surface area contributed by atoms with Gasteiger partial charge in [0.15, 0.2) is 0 Å². The lowest BCUT2D eigenvalue weighted by Gasteiger charge is -2.40. The summed E-state index contributed by atoms with van der Waals surface area (Å²) in [5.41, 5.74) is 3.16. The Morgan fingerprint density at radius 3 is 2.22 bits per heavy atom. The summed E-state index contributed by atoms with van der Waals surface area (Å²) in [6, 6.07) is 5.76. The first-order valence-corrected chi connectivity index (χ1v) is 8.27. The molecule has 1 heterocycles. The Bertz CT molecular complexity index is 596. The molecule has 2 rings (SSSR count). The summed E-state index contributed by atoms with van der Waals surface area (Å²) in [5.74, 6) is 0.0712. The zero-order valence-electron chi connectivity index (χ0n) is 15.1. The SMILES string of the molecule is Cc1cc(C)cc(N2CCN(C(=O)CC(C)(C)C)[C@@H](C)C2=O)c1. The van der Waals surface area contributed by atoms with Crippen LogP contribution in [0.5, 0.6) is 0 Å². The number of carbonyl (C=O) groups is 2. The molecule has 23 heavy (non-hydrogen) atoms. The van der Waals surface area contributed by atoms with Gasteiger partial charge in [-0.1, -0.05) is 26.8 Å². The third-order valence-electron chi connectivity index (χ3n) is 4.18. The van der Waals surface area contributed by atoms with Gasteiger partial charge in [0, 0.05) is 25.2 Å². The Hall–Kier alpha value is -1.84. The lowest BCUT2D eigenvalue weighted by Crippen LogP contribution is -2.58. The molecule has 1 aromatic rings. The minimum atomic E-state index is -0.403. The maximum Gasteiger partial charge on any atom is 0.249 e. The van der Waals surface area contributed by atoms with Crippen molar-refractivity contribution >= 4 is 17.5 Å². The summed E-state index contributed by atoms with van der Waals surface area (Å²) in [6.45, 7) is 13.2. The maximum atomic E-state index is 12.8.